The van der Waals surface area contributed by atoms with E-state index in [1.807, 2.05) is 42.1 Å². The van der Waals surface area contributed by atoms with Crippen LogP contribution in [0.1, 0.15) is 12.0 Å². The van der Waals surface area contributed by atoms with E-state index in [0.29, 0.717) is 11.5 Å². The van der Waals surface area contributed by atoms with Crippen molar-refractivity contribution in [3.63, 3.8) is 0 Å². The number of benzene rings is 1. The van der Waals surface area contributed by atoms with Gasteiger partial charge in [-0.1, -0.05) is 6.07 Å². The highest BCUT2D eigenvalue weighted by atomic mass is 19.1. The van der Waals surface area contributed by atoms with Crippen molar-refractivity contribution in [1.82, 2.24) is 14.5 Å². The SMILES string of the molecule is Cn1cccc1-c1nc2ccc(CC(=O)N3C[C@@H](F)C[C@H]3CO)cc2o1. The smallest absolute Gasteiger partial charge is 0.244 e. The highest BCUT2D eigenvalue weighted by Gasteiger charge is 2.34. The second-order valence-electron chi connectivity index (χ2n) is 6.72. The average Bonchev–Trinajstić information content (AvgIpc) is 3.31. The lowest BCUT2D eigenvalue weighted by molar-refractivity contribution is -0.132. The quantitative estimate of drug-likeness (QED) is 0.778. The molecule has 3 aromatic rings. The van der Waals surface area contributed by atoms with Gasteiger partial charge in [0.15, 0.2) is 5.58 Å². The van der Waals surface area contributed by atoms with E-state index < -0.39 is 12.2 Å². The molecular weight excluding hydrogens is 337 g/mol. The summed E-state index contributed by atoms with van der Waals surface area (Å²) < 4.78 is 21.3. The topological polar surface area (TPSA) is 71.5 Å². The molecule has 1 aliphatic heterocycles. The molecule has 0 saturated carbocycles. The zero-order valence-corrected chi connectivity index (χ0v) is 14.4. The first-order valence-electron chi connectivity index (χ1n) is 8.60. The molecule has 3 heterocycles. The summed E-state index contributed by atoms with van der Waals surface area (Å²) in [6.45, 7) is -0.167. The second kappa shape index (κ2) is 6.57. The Labute approximate surface area is 149 Å². The Morgan fingerprint density at radius 3 is 3.00 bits per heavy atom. The number of nitrogens with zero attached hydrogens (tertiary/aromatic N) is 3. The summed E-state index contributed by atoms with van der Waals surface area (Å²) in [4.78, 5) is 18.4. The molecule has 4 rings (SSSR count). The maximum Gasteiger partial charge on any atom is 0.244 e. The molecular formula is C19H20FN3O3. The van der Waals surface area contributed by atoms with Gasteiger partial charge >= 0.3 is 0 Å². The number of rotatable bonds is 4. The van der Waals surface area contributed by atoms with Gasteiger partial charge in [0.05, 0.1) is 25.6 Å². The highest BCUT2D eigenvalue weighted by Crippen LogP contribution is 2.26. The summed E-state index contributed by atoms with van der Waals surface area (Å²) in [6, 6.07) is 8.85. The van der Waals surface area contributed by atoms with Crippen molar-refractivity contribution in [2.45, 2.75) is 25.1 Å². The van der Waals surface area contributed by atoms with E-state index in [4.69, 9.17) is 4.42 Å². The normalized spacial score (nSPS) is 20.2. The van der Waals surface area contributed by atoms with Crippen LogP contribution < -0.4 is 0 Å². The second-order valence-corrected chi connectivity index (χ2v) is 6.72. The molecule has 2 atom stereocenters. The molecule has 1 aromatic carbocycles. The van der Waals surface area contributed by atoms with Gasteiger partial charge in [-0.3, -0.25) is 4.79 Å². The minimum absolute atomic E-state index is 0.0479. The lowest BCUT2D eigenvalue weighted by atomic mass is 10.1. The first-order chi connectivity index (χ1) is 12.5. The van der Waals surface area contributed by atoms with Gasteiger partial charge in [0.25, 0.3) is 0 Å². The third-order valence-electron chi connectivity index (χ3n) is 4.87. The number of likely N-dealkylation sites (tertiary alicyclic amines) is 1. The number of oxazole rings is 1. The minimum Gasteiger partial charge on any atom is -0.435 e. The van der Waals surface area contributed by atoms with Gasteiger partial charge in [-0.05, 0) is 29.8 Å². The van der Waals surface area contributed by atoms with Crippen LogP contribution in [-0.2, 0) is 18.3 Å². The molecule has 0 spiro atoms. The third kappa shape index (κ3) is 2.99. The van der Waals surface area contributed by atoms with Crippen LogP contribution in [0.25, 0.3) is 22.7 Å². The molecule has 1 amide bonds. The van der Waals surface area contributed by atoms with Crippen molar-refractivity contribution in [1.29, 1.82) is 0 Å². The van der Waals surface area contributed by atoms with Crippen LogP contribution in [0, 0.1) is 0 Å². The van der Waals surface area contributed by atoms with Gasteiger partial charge in [0, 0.05) is 19.7 Å². The number of aliphatic hydroxyl groups is 1. The fraction of sp³-hybridized carbons (Fsp3) is 0.368. The Kier molecular flexibility index (Phi) is 4.24. The molecule has 2 aromatic heterocycles. The maximum absolute atomic E-state index is 13.6. The molecule has 0 unspecified atom stereocenters. The molecule has 0 aliphatic carbocycles. The van der Waals surface area contributed by atoms with Crippen molar-refractivity contribution in [3.8, 4) is 11.6 Å². The van der Waals surface area contributed by atoms with Crippen LogP contribution in [0.5, 0.6) is 0 Å². The molecule has 1 aliphatic rings. The van der Waals surface area contributed by atoms with Crippen molar-refractivity contribution in [3.05, 3.63) is 42.1 Å². The lowest BCUT2D eigenvalue weighted by Crippen LogP contribution is -2.38. The Balaban J connectivity index is 1.56. The standard InChI is InChI=1S/C19H20FN3O3/c1-22-6-2-3-16(22)19-21-15-5-4-12(7-17(15)26-19)8-18(25)23-10-13(20)9-14(23)11-24/h2-7,13-14,24H,8-11H2,1H3/t13-,14-/m0/s1. The highest BCUT2D eigenvalue weighted by molar-refractivity contribution is 5.82. The summed E-state index contributed by atoms with van der Waals surface area (Å²) in [6.07, 6.45) is 1.18. The van der Waals surface area contributed by atoms with Crippen LogP contribution in [-0.4, -0.2) is 50.8 Å². The number of aromatic nitrogens is 2. The van der Waals surface area contributed by atoms with E-state index in [2.05, 4.69) is 4.98 Å². The number of fused-ring (bicyclic) bond motifs is 1. The third-order valence-corrected chi connectivity index (χ3v) is 4.87. The summed E-state index contributed by atoms with van der Waals surface area (Å²) in [5, 5.41) is 9.34. The van der Waals surface area contributed by atoms with Gasteiger partial charge in [0.1, 0.15) is 17.4 Å². The molecule has 0 radical (unpaired) electrons. The van der Waals surface area contributed by atoms with E-state index in [9.17, 15) is 14.3 Å². The summed E-state index contributed by atoms with van der Waals surface area (Å²) in [5.41, 5.74) is 2.97. The molecule has 1 N–H and O–H groups in total. The summed E-state index contributed by atoms with van der Waals surface area (Å²) in [7, 11) is 1.92. The fourth-order valence-corrected chi connectivity index (χ4v) is 3.49. The number of amides is 1. The average molecular weight is 357 g/mol. The van der Waals surface area contributed by atoms with E-state index in [-0.39, 0.29) is 31.9 Å². The van der Waals surface area contributed by atoms with Crippen molar-refractivity contribution in [2.75, 3.05) is 13.2 Å². The van der Waals surface area contributed by atoms with Gasteiger partial charge in [-0.15, -0.1) is 0 Å². The number of alkyl halides is 1. The Bertz CT molecular complexity index is 949. The van der Waals surface area contributed by atoms with Gasteiger partial charge in [0.2, 0.25) is 11.8 Å². The zero-order valence-electron chi connectivity index (χ0n) is 14.4. The monoisotopic (exact) mass is 357 g/mol. The molecule has 6 nitrogen and oxygen atoms in total. The molecule has 136 valence electrons. The predicted octanol–water partition coefficient (Wildman–Crippen LogP) is 2.31. The van der Waals surface area contributed by atoms with E-state index in [0.717, 1.165) is 16.8 Å². The van der Waals surface area contributed by atoms with Crippen LogP contribution in [0.15, 0.2) is 40.9 Å². The van der Waals surface area contributed by atoms with E-state index in [1.54, 1.807) is 6.07 Å². The maximum atomic E-state index is 13.6. The number of hydrogen-bond donors (Lipinski definition) is 1. The Morgan fingerprint density at radius 2 is 2.27 bits per heavy atom. The molecule has 1 fully saturated rings. The van der Waals surface area contributed by atoms with Gasteiger partial charge < -0.3 is 19.0 Å². The number of hydrogen-bond acceptors (Lipinski definition) is 4. The Hall–Kier alpha value is -2.67. The first-order valence-corrected chi connectivity index (χ1v) is 8.60. The van der Waals surface area contributed by atoms with E-state index in [1.165, 1.54) is 4.90 Å². The number of aryl methyl sites for hydroxylation is 1. The Morgan fingerprint density at radius 1 is 1.42 bits per heavy atom. The fourth-order valence-electron chi connectivity index (χ4n) is 3.49. The molecule has 26 heavy (non-hydrogen) atoms. The van der Waals surface area contributed by atoms with Crippen molar-refractivity contribution in [2.24, 2.45) is 7.05 Å². The number of carbonyl (C=O) groups excluding carboxylic acids is 1. The van der Waals surface area contributed by atoms with E-state index >= 15 is 0 Å². The van der Waals surface area contributed by atoms with Crippen LogP contribution in [0.3, 0.4) is 0 Å². The van der Waals surface area contributed by atoms with Gasteiger partial charge in [-0.2, -0.15) is 0 Å². The summed E-state index contributed by atoms with van der Waals surface area (Å²) >= 11 is 0. The summed E-state index contributed by atoms with van der Waals surface area (Å²) in [5.74, 6) is 0.335. The number of aliphatic hydroxyl groups excluding tert-OH is 1. The van der Waals surface area contributed by atoms with Crippen LogP contribution >= 0.6 is 0 Å². The van der Waals surface area contributed by atoms with Crippen molar-refractivity contribution >= 4 is 17.0 Å². The largest absolute Gasteiger partial charge is 0.435 e. The molecule has 1 saturated heterocycles. The molecule has 0 bridgehead atoms. The zero-order chi connectivity index (χ0) is 18.3. The lowest BCUT2D eigenvalue weighted by Gasteiger charge is -2.22. The minimum atomic E-state index is -1.07. The van der Waals surface area contributed by atoms with Crippen molar-refractivity contribution < 1.29 is 18.7 Å². The molecule has 7 heteroatoms. The van der Waals surface area contributed by atoms with Crippen LogP contribution in [0.4, 0.5) is 4.39 Å². The number of halogens is 1. The number of carbonyl (C=O) groups is 1. The predicted molar refractivity (Wildman–Crippen MR) is 94.2 cm³/mol. The first kappa shape index (κ1) is 16.8. The van der Waals surface area contributed by atoms with Gasteiger partial charge in [-0.25, -0.2) is 9.37 Å². The van der Waals surface area contributed by atoms with Crippen LogP contribution in [0.2, 0.25) is 0 Å².